The lowest BCUT2D eigenvalue weighted by molar-refractivity contribution is -0.138. The molecule has 0 spiro atoms. The van der Waals surface area contributed by atoms with E-state index < -0.39 is 12.2 Å². The first kappa shape index (κ1) is 29.2. The van der Waals surface area contributed by atoms with Gasteiger partial charge in [-0.3, -0.25) is 9.59 Å². The summed E-state index contributed by atoms with van der Waals surface area (Å²) < 4.78 is 10.6. The van der Waals surface area contributed by atoms with E-state index in [9.17, 15) is 14.7 Å². The minimum Gasteiger partial charge on any atom is -0.386 e. The van der Waals surface area contributed by atoms with Crippen molar-refractivity contribution in [1.82, 2.24) is 0 Å². The van der Waals surface area contributed by atoms with E-state index in [-0.39, 0.29) is 35.4 Å². The monoisotopic (exact) mass is 434 g/mol. The number of aliphatic hydroxyl groups is 1. The first-order chi connectivity index (χ1) is 14.5. The molecule has 5 heteroatoms. The Bertz CT molecular complexity index is 686. The highest BCUT2D eigenvalue weighted by atomic mass is 16.5. The zero-order chi connectivity index (χ0) is 24.1. The van der Waals surface area contributed by atoms with Crippen LogP contribution in [0.15, 0.2) is 47.6 Å². The number of Topliss-reactive ketones (excluding diaryl/α,β-unsaturated/α-hetero) is 2. The van der Waals surface area contributed by atoms with Crippen LogP contribution in [0.25, 0.3) is 0 Å². The first-order valence-corrected chi connectivity index (χ1v) is 10.9. The van der Waals surface area contributed by atoms with E-state index in [1.165, 1.54) is 14.0 Å². The van der Waals surface area contributed by atoms with Gasteiger partial charge in [-0.05, 0) is 51.2 Å². The van der Waals surface area contributed by atoms with Gasteiger partial charge in [-0.1, -0.05) is 57.2 Å². The van der Waals surface area contributed by atoms with Crippen LogP contribution < -0.4 is 0 Å². The zero-order valence-electron chi connectivity index (χ0n) is 20.7. The van der Waals surface area contributed by atoms with Crippen LogP contribution >= 0.6 is 0 Å². The summed E-state index contributed by atoms with van der Waals surface area (Å²) in [5.74, 6) is -0.523. The van der Waals surface area contributed by atoms with Crippen LogP contribution in [0.3, 0.4) is 0 Å². The fourth-order valence-corrected chi connectivity index (χ4v) is 3.13. The summed E-state index contributed by atoms with van der Waals surface area (Å²) in [7, 11) is 3.11. The van der Waals surface area contributed by atoms with Gasteiger partial charge in [0.2, 0.25) is 0 Å². The largest absolute Gasteiger partial charge is 0.386 e. The van der Waals surface area contributed by atoms with Crippen LogP contribution in [0.4, 0.5) is 0 Å². The molecule has 0 saturated carbocycles. The highest BCUT2D eigenvalue weighted by molar-refractivity contribution is 5.86. The topological polar surface area (TPSA) is 72.8 Å². The molecular weight excluding hydrogens is 392 g/mol. The molecule has 0 aromatic heterocycles. The lowest BCUT2D eigenvalue weighted by Crippen LogP contribution is -2.40. The number of methoxy groups -OCH3 is 2. The van der Waals surface area contributed by atoms with Crippen molar-refractivity contribution < 1.29 is 24.2 Å². The number of allylic oxidation sites excluding steroid dienone is 6. The van der Waals surface area contributed by atoms with Crippen molar-refractivity contribution in [2.75, 3.05) is 14.2 Å². The zero-order valence-corrected chi connectivity index (χ0v) is 20.7. The second-order valence-corrected chi connectivity index (χ2v) is 8.49. The van der Waals surface area contributed by atoms with Crippen LogP contribution in [0.2, 0.25) is 0 Å². The molecule has 0 amide bonds. The lowest BCUT2D eigenvalue weighted by Gasteiger charge is -2.25. The average molecular weight is 435 g/mol. The molecule has 0 aromatic rings. The molecule has 0 aliphatic heterocycles. The lowest BCUT2D eigenvalue weighted by atomic mass is 9.87. The number of aliphatic hydroxyl groups excluding tert-OH is 1. The fraction of sp³-hybridized carbons (Fsp3) is 0.615. The van der Waals surface area contributed by atoms with Gasteiger partial charge in [0.1, 0.15) is 18.0 Å². The molecule has 0 aromatic carbocycles. The molecule has 0 bridgehead atoms. The Balaban J connectivity index is 4.95. The van der Waals surface area contributed by atoms with Crippen LogP contribution in [0, 0.1) is 17.8 Å². The van der Waals surface area contributed by atoms with Gasteiger partial charge < -0.3 is 14.6 Å². The molecule has 0 radical (unpaired) electrons. The Labute approximate surface area is 188 Å². The third kappa shape index (κ3) is 10.9. The Hall–Kier alpha value is -1.82. The van der Waals surface area contributed by atoms with Crippen molar-refractivity contribution in [2.45, 2.75) is 73.2 Å². The smallest absolute Gasteiger partial charge is 0.167 e. The van der Waals surface area contributed by atoms with Gasteiger partial charge in [0.05, 0.1) is 6.10 Å². The molecule has 5 nitrogen and oxygen atoms in total. The SMILES string of the molecule is CO[C@@H](C)/C(C)=C/C=C/C=C/[C@@H](C)CC(C)C(=O)[C@H](OC)C(O)/C(C)=C/[C@@H](C)C(C)=O. The van der Waals surface area contributed by atoms with Gasteiger partial charge >= 0.3 is 0 Å². The van der Waals surface area contributed by atoms with Crippen LogP contribution in [0.5, 0.6) is 0 Å². The average Bonchev–Trinajstić information content (AvgIpc) is 2.72. The van der Waals surface area contributed by atoms with Crippen molar-refractivity contribution in [3.05, 3.63) is 47.6 Å². The highest BCUT2D eigenvalue weighted by Crippen LogP contribution is 2.21. The maximum atomic E-state index is 12.9. The van der Waals surface area contributed by atoms with E-state index in [1.54, 1.807) is 27.0 Å². The van der Waals surface area contributed by atoms with E-state index in [1.807, 2.05) is 45.1 Å². The molecule has 0 aliphatic rings. The van der Waals surface area contributed by atoms with Crippen LogP contribution in [0.1, 0.15) is 54.9 Å². The van der Waals surface area contributed by atoms with Crippen molar-refractivity contribution >= 4 is 11.6 Å². The Morgan fingerprint density at radius 2 is 1.52 bits per heavy atom. The molecule has 0 rings (SSSR count). The van der Waals surface area contributed by atoms with Crippen molar-refractivity contribution in [3.8, 4) is 0 Å². The summed E-state index contributed by atoms with van der Waals surface area (Å²) in [6.45, 7) is 12.9. The molecule has 1 N–H and O–H groups in total. The molecule has 0 saturated heterocycles. The summed E-state index contributed by atoms with van der Waals surface area (Å²) in [6.07, 6.45) is 10.4. The predicted molar refractivity (Wildman–Crippen MR) is 127 cm³/mol. The van der Waals surface area contributed by atoms with Crippen molar-refractivity contribution in [2.24, 2.45) is 17.8 Å². The molecule has 0 heterocycles. The van der Waals surface area contributed by atoms with Crippen LogP contribution in [-0.2, 0) is 19.1 Å². The highest BCUT2D eigenvalue weighted by Gasteiger charge is 2.31. The normalized spacial score (nSPS) is 19.3. The minimum absolute atomic E-state index is 0.00809. The van der Waals surface area contributed by atoms with Gasteiger partial charge in [0.15, 0.2) is 5.78 Å². The second-order valence-electron chi connectivity index (χ2n) is 8.49. The van der Waals surface area contributed by atoms with E-state index in [0.29, 0.717) is 12.0 Å². The summed E-state index contributed by atoms with van der Waals surface area (Å²) in [4.78, 5) is 24.3. The number of carbonyl (C=O) groups excluding carboxylic acids is 2. The van der Waals surface area contributed by atoms with Crippen molar-refractivity contribution in [1.29, 1.82) is 0 Å². The molecule has 0 aliphatic carbocycles. The van der Waals surface area contributed by atoms with E-state index in [2.05, 4.69) is 13.0 Å². The second kappa shape index (κ2) is 15.1. The van der Waals surface area contributed by atoms with Gasteiger partial charge in [-0.15, -0.1) is 0 Å². The molecule has 0 fully saturated rings. The first-order valence-electron chi connectivity index (χ1n) is 10.9. The van der Waals surface area contributed by atoms with E-state index >= 15 is 0 Å². The standard InChI is InChI=1S/C26H42O5/c1-17(13-11-10-12-14-18(2)23(7)30-8)15-20(4)24(28)26(31-9)25(29)21(5)16-19(3)22(6)27/h10-14,16-17,19-20,23,25-26,29H,15H2,1-9H3/b12-10+,13-11+,18-14+,21-16+/t17-,19-,20?,23+,25?,26+/m1/s1. The molecule has 6 atom stereocenters. The molecular formula is C26H42O5. The minimum atomic E-state index is -1.07. The van der Waals surface area contributed by atoms with E-state index in [4.69, 9.17) is 9.47 Å². The van der Waals surface area contributed by atoms with Gasteiger partial charge in [0.25, 0.3) is 0 Å². The molecule has 31 heavy (non-hydrogen) atoms. The summed E-state index contributed by atoms with van der Waals surface area (Å²) in [5, 5.41) is 10.6. The number of rotatable bonds is 14. The Morgan fingerprint density at radius 1 is 0.903 bits per heavy atom. The third-order valence-corrected chi connectivity index (χ3v) is 5.67. The third-order valence-electron chi connectivity index (χ3n) is 5.67. The van der Waals surface area contributed by atoms with Gasteiger partial charge in [-0.25, -0.2) is 0 Å². The van der Waals surface area contributed by atoms with Gasteiger partial charge in [-0.2, -0.15) is 0 Å². The number of carbonyl (C=O) groups is 2. The maximum Gasteiger partial charge on any atom is 0.167 e. The Morgan fingerprint density at radius 3 is 2.03 bits per heavy atom. The van der Waals surface area contributed by atoms with Crippen molar-refractivity contribution in [3.63, 3.8) is 0 Å². The van der Waals surface area contributed by atoms with Gasteiger partial charge in [0, 0.05) is 26.1 Å². The van der Waals surface area contributed by atoms with E-state index in [0.717, 1.165) is 5.57 Å². The number of hydrogen-bond acceptors (Lipinski definition) is 5. The predicted octanol–water partition coefficient (Wildman–Crippen LogP) is 4.86. The fourth-order valence-electron chi connectivity index (χ4n) is 3.13. The molecule has 2 unspecified atom stereocenters. The van der Waals surface area contributed by atoms with Crippen LogP contribution in [-0.4, -0.2) is 49.2 Å². The number of hydrogen-bond donors (Lipinski definition) is 1. The Kier molecular flexibility index (Phi) is 14.2. The number of ketones is 2. The summed E-state index contributed by atoms with van der Waals surface area (Å²) in [6, 6.07) is 0. The summed E-state index contributed by atoms with van der Waals surface area (Å²) >= 11 is 0. The quantitative estimate of drug-likeness (QED) is 0.312. The summed E-state index contributed by atoms with van der Waals surface area (Å²) in [5.41, 5.74) is 1.71. The number of ether oxygens (including phenoxy) is 2. The molecule has 176 valence electrons. The maximum absolute atomic E-state index is 12.9.